The summed E-state index contributed by atoms with van der Waals surface area (Å²) in [5.41, 5.74) is 0.759. The standard InChI is InChI=1S/C18H28N2S/c1-17(14-5-6-14)13-20(10-9-16-4-3-11-21-16)18(2,12-19-17)15-7-8-15/h3-4,11,14-15,19H,5-10,12-13H2,1-2H3. The van der Waals surface area contributed by atoms with Gasteiger partial charge in [0.15, 0.2) is 0 Å². The summed E-state index contributed by atoms with van der Waals surface area (Å²) in [5, 5.41) is 6.16. The van der Waals surface area contributed by atoms with E-state index in [9.17, 15) is 0 Å². The molecule has 2 atom stereocenters. The van der Waals surface area contributed by atoms with Crippen molar-refractivity contribution in [1.82, 2.24) is 10.2 Å². The zero-order chi connectivity index (χ0) is 14.5. The molecular weight excluding hydrogens is 276 g/mol. The van der Waals surface area contributed by atoms with Crippen molar-refractivity contribution in [1.29, 1.82) is 0 Å². The normalized spacial score (nSPS) is 37.8. The molecule has 0 spiro atoms. The van der Waals surface area contributed by atoms with Crippen LogP contribution in [0.4, 0.5) is 0 Å². The van der Waals surface area contributed by atoms with E-state index in [1.807, 2.05) is 11.3 Å². The smallest absolute Gasteiger partial charge is 0.0335 e. The molecule has 2 unspecified atom stereocenters. The van der Waals surface area contributed by atoms with Gasteiger partial charge in [-0.2, -0.15) is 0 Å². The highest BCUT2D eigenvalue weighted by atomic mass is 32.1. The summed E-state index contributed by atoms with van der Waals surface area (Å²) in [7, 11) is 0. The molecule has 21 heavy (non-hydrogen) atoms. The predicted molar refractivity (Wildman–Crippen MR) is 89.9 cm³/mol. The van der Waals surface area contributed by atoms with Gasteiger partial charge in [0.25, 0.3) is 0 Å². The Morgan fingerprint density at radius 1 is 1.24 bits per heavy atom. The molecule has 1 aliphatic heterocycles. The number of nitrogens with one attached hydrogen (secondary N) is 1. The van der Waals surface area contributed by atoms with Crippen LogP contribution >= 0.6 is 11.3 Å². The lowest BCUT2D eigenvalue weighted by Crippen LogP contribution is -2.70. The molecule has 0 amide bonds. The summed E-state index contributed by atoms with van der Waals surface area (Å²) in [4.78, 5) is 4.39. The van der Waals surface area contributed by atoms with Crippen molar-refractivity contribution in [2.45, 2.75) is 57.0 Å². The number of thiophene rings is 1. The molecule has 116 valence electrons. The Labute approximate surface area is 132 Å². The molecule has 2 aliphatic carbocycles. The number of rotatable bonds is 5. The van der Waals surface area contributed by atoms with Gasteiger partial charge in [-0.25, -0.2) is 0 Å². The summed E-state index contributed by atoms with van der Waals surface area (Å²) in [6, 6.07) is 4.48. The Morgan fingerprint density at radius 2 is 2.00 bits per heavy atom. The van der Waals surface area contributed by atoms with Gasteiger partial charge in [0.05, 0.1) is 0 Å². The predicted octanol–water partition coefficient (Wildman–Crippen LogP) is 3.53. The van der Waals surface area contributed by atoms with E-state index in [-0.39, 0.29) is 0 Å². The molecule has 0 radical (unpaired) electrons. The first-order valence-electron chi connectivity index (χ1n) is 8.63. The maximum Gasteiger partial charge on any atom is 0.0335 e. The van der Waals surface area contributed by atoms with E-state index in [0.29, 0.717) is 11.1 Å². The van der Waals surface area contributed by atoms with Crippen molar-refractivity contribution in [3.05, 3.63) is 22.4 Å². The van der Waals surface area contributed by atoms with Crippen molar-refractivity contribution in [2.24, 2.45) is 11.8 Å². The van der Waals surface area contributed by atoms with Crippen molar-refractivity contribution in [3.63, 3.8) is 0 Å². The quantitative estimate of drug-likeness (QED) is 0.895. The molecule has 1 aromatic rings. The van der Waals surface area contributed by atoms with E-state index in [2.05, 4.69) is 41.6 Å². The van der Waals surface area contributed by atoms with E-state index in [1.54, 1.807) is 4.88 Å². The minimum absolute atomic E-state index is 0.365. The maximum absolute atomic E-state index is 3.95. The summed E-state index contributed by atoms with van der Waals surface area (Å²) in [6.07, 6.45) is 6.97. The van der Waals surface area contributed by atoms with Gasteiger partial charge in [0.1, 0.15) is 0 Å². The zero-order valence-electron chi connectivity index (χ0n) is 13.4. The lowest BCUT2D eigenvalue weighted by Gasteiger charge is -2.53. The number of hydrogen-bond acceptors (Lipinski definition) is 3. The Hall–Kier alpha value is -0.380. The van der Waals surface area contributed by atoms with Crippen LogP contribution < -0.4 is 5.32 Å². The van der Waals surface area contributed by atoms with Gasteiger partial charge >= 0.3 is 0 Å². The fraction of sp³-hybridized carbons (Fsp3) is 0.778. The number of nitrogens with zero attached hydrogens (tertiary/aromatic N) is 1. The van der Waals surface area contributed by atoms with Gasteiger partial charge in [-0.3, -0.25) is 4.90 Å². The maximum atomic E-state index is 3.95. The lowest BCUT2D eigenvalue weighted by atomic mass is 9.83. The first kappa shape index (κ1) is 14.2. The fourth-order valence-corrected chi connectivity index (χ4v) is 4.96. The van der Waals surface area contributed by atoms with Crippen LogP contribution in [0.15, 0.2) is 17.5 Å². The van der Waals surface area contributed by atoms with Crippen molar-refractivity contribution >= 4 is 11.3 Å². The number of hydrogen-bond donors (Lipinski definition) is 1. The van der Waals surface area contributed by atoms with Crippen molar-refractivity contribution in [2.75, 3.05) is 19.6 Å². The largest absolute Gasteiger partial charge is 0.308 e. The van der Waals surface area contributed by atoms with Gasteiger partial charge in [0, 0.05) is 35.6 Å². The van der Waals surface area contributed by atoms with Crippen LogP contribution in [0.2, 0.25) is 0 Å². The molecule has 0 aromatic carbocycles. The van der Waals surface area contributed by atoms with Gasteiger partial charge < -0.3 is 5.32 Å². The Bertz CT molecular complexity index is 491. The molecule has 3 heteroatoms. The average molecular weight is 305 g/mol. The summed E-state index contributed by atoms with van der Waals surface area (Å²) >= 11 is 1.91. The van der Waals surface area contributed by atoms with Gasteiger partial charge in [-0.15, -0.1) is 11.3 Å². The third-order valence-corrected chi connectivity index (χ3v) is 7.17. The van der Waals surface area contributed by atoms with Crippen LogP contribution in [-0.2, 0) is 6.42 Å². The SMILES string of the molecule is CC1(C2CC2)CN(CCc2cccs2)C(C)(C2CC2)CN1. The minimum Gasteiger partial charge on any atom is -0.308 e. The van der Waals surface area contributed by atoms with Crippen molar-refractivity contribution < 1.29 is 0 Å². The first-order chi connectivity index (χ1) is 10.1. The van der Waals surface area contributed by atoms with Gasteiger partial charge in [-0.05, 0) is 69.2 Å². The molecule has 2 saturated carbocycles. The van der Waals surface area contributed by atoms with Crippen LogP contribution in [0.3, 0.4) is 0 Å². The summed E-state index contributed by atoms with van der Waals surface area (Å²) in [5.74, 6) is 1.85. The molecule has 2 heterocycles. The van der Waals surface area contributed by atoms with E-state index in [0.717, 1.165) is 11.8 Å². The highest BCUT2D eigenvalue weighted by molar-refractivity contribution is 7.09. The molecule has 1 saturated heterocycles. The van der Waals surface area contributed by atoms with E-state index >= 15 is 0 Å². The third kappa shape index (κ3) is 2.69. The second kappa shape index (κ2) is 5.07. The molecule has 3 aliphatic rings. The van der Waals surface area contributed by atoms with E-state index in [1.165, 1.54) is 51.7 Å². The molecule has 2 nitrogen and oxygen atoms in total. The molecular formula is C18H28N2S. The Morgan fingerprint density at radius 3 is 2.62 bits per heavy atom. The second-order valence-electron chi connectivity index (χ2n) is 7.93. The monoisotopic (exact) mass is 304 g/mol. The van der Waals surface area contributed by atoms with E-state index in [4.69, 9.17) is 0 Å². The first-order valence-corrected chi connectivity index (χ1v) is 9.51. The average Bonchev–Trinajstić information content (AvgIpc) is 3.37. The second-order valence-corrected chi connectivity index (χ2v) is 8.96. The Balaban J connectivity index is 1.49. The minimum atomic E-state index is 0.365. The summed E-state index contributed by atoms with van der Waals surface area (Å²) < 4.78 is 0. The van der Waals surface area contributed by atoms with Crippen LogP contribution in [0, 0.1) is 11.8 Å². The molecule has 4 rings (SSSR count). The van der Waals surface area contributed by atoms with Crippen LogP contribution in [-0.4, -0.2) is 35.6 Å². The van der Waals surface area contributed by atoms with E-state index < -0.39 is 0 Å². The molecule has 0 bridgehead atoms. The van der Waals surface area contributed by atoms with Gasteiger partial charge in [0.2, 0.25) is 0 Å². The topological polar surface area (TPSA) is 15.3 Å². The molecule has 1 aromatic heterocycles. The highest BCUT2D eigenvalue weighted by Crippen LogP contribution is 2.48. The van der Waals surface area contributed by atoms with Crippen molar-refractivity contribution in [3.8, 4) is 0 Å². The lowest BCUT2D eigenvalue weighted by molar-refractivity contribution is 0.000275. The van der Waals surface area contributed by atoms with Crippen LogP contribution in [0.1, 0.15) is 44.4 Å². The molecule has 3 fully saturated rings. The fourth-order valence-electron chi connectivity index (χ4n) is 4.26. The Kier molecular flexibility index (Phi) is 3.44. The highest BCUT2D eigenvalue weighted by Gasteiger charge is 2.53. The van der Waals surface area contributed by atoms with Gasteiger partial charge in [-0.1, -0.05) is 6.07 Å². The van der Waals surface area contributed by atoms with Crippen LogP contribution in [0.25, 0.3) is 0 Å². The zero-order valence-corrected chi connectivity index (χ0v) is 14.2. The number of piperazine rings is 1. The third-order valence-electron chi connectivity index (χ3n) is 6.24. The summed E-state index contributed by atoms with van der Waals surface area (Å²) in [6.45, 7) is 8.65. The molecule has 1 N–H and O–H groups in total. The van der Waals surface area contributed by atoms with Crippen LogP contribution in [0.5, 0.6) is 0 Å².